The van der Waals surface area contributed by atoms with Crippen LogP contribution in [0.1, 0.15) is 22.8 Å². The Hall–Kier alpha value is -3.80. The summed E-state index contributed by atoms with van der Waals surface area (Å²) in [6.45, 7) is -0.149. The number of primary amides is 1. The van der Waals surface area contributed by atoms with Gasteiger partial charge in [0.2, 0.25) is 15.9 Å². The maximum atomic E-state index is 13.0. The van der Waals surface area contributed by atoms with Crippen molar-refractivity contribution < 1.29 is 32.9 Å². The number of phenols is 1. The van der Waals surface area contributed by atoms with Crippen LogP contribution in [0.3, 0.4) is 0 Å². The molecule has 36 heavy (non-hydrogen) atoms. The van der Waals surface area contributed by atoms with Crippen LogP contribution in [0.15, 0.2) is 66.7 Å². The van der Waals surface area contributed by atoms with E-state index in [1.165, 1.54) is 32.4 Å². The Balaban J connectivity index is 2.01. The summed E-state index contributed by atoms with van der Waals surface area (Å²) < 4.78 is 35.9. The molecular formula is C25H29N3O7S. The summed E-state index contributed by atoms with van der Waals surface area (Å²) in [7, 11) is -0.608. The summed E-state index contributed by atoms with van der Waals surface area (Å²) in [4.78, 5) is 13.0. The number of aromatic hydroxyl groups is 1. The summed E-state index contributed by atoms with van der Waals surface area (Å²) in [5, 5.41) is 24.0. The molecule has 0 radical (unpaired) electrons. The molecule has 0 aromatic heterocycles. The molecule has 0 saturated heterocycles. The highest BCUT2D eigenvalue weighted by Crippen LogP contribution is 2.33. The van der Waals surface area contributed by atoms with Gasteiger partial charge in [0.25, 0.3) is 0 Å². The predicted octanol–water partition coefficient (Wildman–Crippen LogP) is 1.83. The summed E-state index contributed by atoms with van der Waals surface area (Å²) in [5.41, 5.74) is 5.66. The van der Waals surface area contributed by atoms with Gasteiger partial charge in [0.15, 0.2) is 0 Å². The zero-order chi connectivity index (χ0) is 26.5. The number of amides is 1. The molecule has 6 N–H and O–H groups in total. The van der Waals surface area contributed by atoms with Crippen LogP contribution < -0.4 is 25.2 Å². The number of benzene rings is 3. The van der Waals surface area contributed by atoms with Crippen molar-refractivity contribution in [2.75, 3.05) is 31.7 Å². The Bertz CT molecular complexity index is 1260. The number of nitrogens with one attached hydrogen (secondary N) is 2. The van der Waals surface area contributed by atoms with Crippen molar-refractivity contribution in [3.63, 3.8) is 0 Å². The standard InChI is InChI=1S/C25H29N3O7S/c1-34-19-9-5-17(6-10-19)25(24(26)31,18-7-11-20(35-2)12-8-18)27-15-23(30)16-4-13-22(29)21(14-16)28-36(3,32)33/h4-14,23,27-30H,15H2,1-3H3,(H2,26,31). The Morgan fingerprint density at radius 2 is 1.47 bits per heavy atom. The van der Waals surface area contributed by atoms with Crippen LogP contribution in [0.4, 0.5) is 5.69 Å². The van der Waals surface area contributed by atoms with Gasteiger partial charge in [-0.25, -0.2) is 8.42 Å². The number of carbonyl (C=O) groups is 1. The Kier molecular flexibility index (Phi) is 8.08. The number of hydrogen-bond donors (Lipinski definition) is 5. The molecule has 0 aliphatic heterocycles. The van der Waals surface area contributed by atoms with Gasteiger partial charge >= 0.3 is 0 Å². The topological polar surface area (TPSA) is 160 Å². The first kappa shape index (κ1) is 26.8. The van der Waals surface area contributed by atoms with Crippen LogP contribution in [0.2, 0.25) is 0 Å². The van der Waals surface area contributed by atoms with E-state index in [1.807, 2.05) is 0 Å². The SMILES string of the molecule is COc1ccc(C(NCC(O)c2ccc(O)c(NS(C)(=O)=O)c2)(C(N)=O)c2ccc(OC)cc2)cc1. The van der Waals surface area contributed by atoms with Crippen molar-refractivity contribution in [2.45, 2.75) is 11.6 Å². The van der Waals surface area contributed by atoms with Crippen LogP contribution in [0.25, 0.3) is 0 Å². The monoisotopic (exact) mass is 515 g/mol. The molecule has 1 atom stereocenters. The number of rotatable bonds is 11. The number of nitrogens with two attached hydrogens (primary N) is 1. The normalized spacial score (nSPS) is 12.6. The van der Waals surface area contributed by atoms with E-state index in [0.717, 1.165) is 6.26 Å². The summed E-state index contributed by atoms with van der Waals surface area (Å²) in [5.74, 6) is 0.159. The average Bonchev–Trinajstić information content (AvgIpc) is 2.85. The second-order valence-corrected chi connectivity index (χ2v) is 9.87. The van der Waals surface area contributed by atoms with Gasteiger partial charge in [0.1, 0.15) is 22.8 Å². The van der Waals surface area contributed by atoms with Crippen LogP contribution in [0, 0.1) is 0 Å². The van der Waals surface area contributed by atoms with Crippen molar-refractivity contribution in [1.29, 1.82) is 0 Å². The van der Waals surface area contributed by atoms with Gasteiger partial charge in [-0.2, -0.15) is 0 Å². The molecule has 0 heterocycles. The number of hydrogen-bond acceptors (Lipinski definition) is 8. The molecule has 3 aromatic rings. The molecule has 3 rings (SSSR count). The first-order valence-corrected chi connectivity index (χ1v) is 12.7. The van der Waals surface area contributed by atoms with E-state index in [9.17, 15) is 23.4 Å². The van der Waals surface area contributed by atoms with E-state index in [1.54, 1.807) is 48.5 Å². The molecule has 0 saturated carbocycles. The maximum absolute atomic E-state index is 13.0. The number of methoxy groups -OCH3 is 2. The smallest absolute Gasteiger partial charge is 0.247 e. The zero-order valence-electron chi connectivity index (χ0n) is 20.1. The second kappa shape index (κ2) is 10.9. The number of phenolic OH excluding ortho intramolecular Hbond substituents is 1. The van der Waals surface area contributed by atoms with Gasteiger partial charge in [-0.15, -0.1) is 0 Å². The Labute approximate surface area is 209 Å². The third kappa shape index (κ3) is 5.88. The van der Waals surface area contributed by atoms with Crippen LogP contribution in [-0.2, 0) is 20.4 Å². The third-order valence-corrected chi connectivity index (χ3v) is 6.27. The zero-order valence-corrected chi connectivity index (χ0v) is 20.9. The van der Waals surface area contributed by atoms with Crippen molar-refractivity contribution in [1.82, 2.24) is 5.32 Å². The molecule has 3 aromatic carbocycles. The second-order valence-electron chi connectivity index (χ2n) is 8.12. The van der Waals surface area contributed by atoms with Gasteiger partial charge in [-0.1, -0.05) is 30.3 Å². The summed E-state index contributed by atoms with van der Waals surface area (Å²) in [6, 6.07) is 17.6. The fourth-order valence-corrected chi connectivity index (χ4v) is 4.40. The number of ether oxygens (including phenoxy) is 2. The molecule has 0 aliphatic carbocycles. The van der Waals surface area contributed by atoms with Crippen LogP contribution in [0.5, 0.6) is 17.2 Å². The van der Waals surface area contributed by atoms with E-state index in [0.29, 0.717) is 28.2 Å². The highest BCUT2D eigenvalue weighted by atomic mass is 32.2. The highest BCUT2D eigenvalue weighted by Gasteiger charge is 2.41. The molecule has 1 amide bonds. The van der Waals surface area contributed by atoms with Crippen LogP contribution in [-0.4, -0.2) is 51.6 Å². The first-order chi connectivity index (χ1) is 17.0. The third-order valence-electron chi connectivity index (χ3n) is 5.68. The maximum Gasteiger partial charge on any atom is 0.247 e. The van der Waals surface area contributed by atoms with E-state index in [4.69, 9.17) is 15.2 Å². The minimum atomic E-state index is -3.66. The Morgan fingerprint density at radius 1 is 0.972 bits per heavy atom. The number of sulfonamides is 1. The Morgan fingerprint density at radius 3 is 1.89 bits per heavy atom. The number of carbonyl (C=O) groups excluding carboxylic acids is 1. The molecule has 0 bridgehead atoms. The minimum absolute atomic E-state index is 0.0828. The van der Waals surface area contributed by atoms with Gasteiger partial charge < -0.3 is 25.4 Å². The van der Waals surface area contributed by atoms with E-state index in [-0.39, 0.29) is 18.0 Å². The van der Waals surface area contributed by atoms with E-state index < -0.39 is 27.6 Å². The number of aliphatic hydroxyl groups excluding tert-OH is 1. The molecule has 0 spiro atoms. The quantitative estimate of drug-likeness (QED) is 0.242. The lowest BCUT2D eigenvalue weighted by molar-refractivity contribution is -0.123. The van der Waals surface area contributed by atoms with Crippen molar-refractivity contribution in [2.24, 2.45) is 5.73 Å². The molecule has 0 fully saturated rings. The highest BCUT2D eigenvalue weighted by molar-refractivity contribution is 7.92. The fraction of sp³-hybridized carbons (Fsp3) is 0.240. The predicted molar refractivity (Wildman–Crippen MR) is 135 cm³/mol. The van der Waals surface area contributed by atoms with Crippen LogP contribution >= 0.6 is 0 Å². The summed E-state index contributed by atoms with van der Waals surface area (Å²) >= 11 is 0. The van der Waals surface area contributed by atoms with Crippen molar-refractivity contribution in [3.8, 4) is 17.2 Å². The molecule has 11 heteroatoms. The first-order valence-electron chi connectivity index (χ1n) is 10.8. The lowest BCUT2D eigenvalue weighted by atomic mass is 9.81. The lowest BCUT2D eigenvalue weighted by Crippen LogP contribution is -2.54. The fourth-order valence-electron chi connectivity index (χ4n) is 3.83. The molecule has 192 valence electrons. The average molecular weight is 516 g/mol. The molecular weight excluding hydrogens is 486 g/mol. The van der Waals surface area contributed by atoms with E-state index in [2.05, 4.69) is 10.0 Å². The van der Waals surface area contributed by atoms with Gasteiger partial charge in [-0.05, 0) is 53.1 Å². The van der Waals surface area contributed by atoms with Gasteiger partial charge in [0.05, 0.1) is 32.3 Å². The van der Waals surface area contributed by atoms with Gasteiger partial charge in [-0.3, -0.25) is 14.8 Å². The minimum Gasteiger partial charge on any atom is -0.506 e. The van der Waals surface area contributed by atoms with Crippen molar-refractivity contribution in [3.05, 3.63) is 83.4 Å². The molecule has 0 aliphatic rings. The number of aliphatic hydroxyl groups is 1. The molecule has 10 nitrogen and oxygen atoms in total. The summed E-state index contributed by atoms with van der Waals surface area (Å²) in [6.07, 6.45) is -0.247. The van der Waals surface area contributed by atoms with Gasteiger partial charge in [0, 0.05) is 6.54 Å². The van der Waals surface area contributed by atoms with E-state index >= 15 is 0 Å². The van der Waals surface area contributed by atoms with Crippen molar-refractivity contribution >= 4 is 21.6 Å². The number of anilines is 1. The lowest BCUT2D eigenvalue weighted by Gasteiger charge is -2.34. The molecule has 1 unspecified atom stereocenters. The largest absolute Gasteiger partial charge is 0.506 e.